The first-order valence-electron chi connectivity index (χ1n) is 6.00. The van der Waals surface area contributed by atoms with Crippen molar-refractivity contribution in [2.75, 3.05) is 25.3 Å². The van der Waals surface area contributed by atoms with Gasteiger partial charge in [-0.05, 0) is 34.1 Å². The molecule has 3 N–H and O–H groups in total. The number of aromatic nitrogens is 1. The topological polar surface area (TPSA) is 86.5 Å². The lowest BCUT2D eigenvalue weighted by atomic mass is 10.2. The highest BCUT2D eigenvalue weighted by atomic mass is 79.9. The molecule has 0 saturated carbocycles. The molecule has 0 aliphatic rings. The zero-order valence-corrected chi connectivity index (χ0v) is 13.1. The average Bonchev–Trinajstić information content (AvgIpc) is 2.50. The molecule has 0 radical (unpaired) electrons. The maximum atomic E-state index is 11.6. The molecule has 0 aliphatic carbocycles. The van der Waals surface area contributed by atoms with E-state index in [2.05, 4.69) is 31.0 Å². The molecule has 0 aliphatic heterocycles. The minimum atomic E-state index is -0.508. The van der Waals surface area contributed by atoms with Crippen molar-refractivity contribution in [1.29, 1.82) is 0 Å². The maximum absolute atomic E-state index is 11.6. The van der Waals surface area contributed by atoms with Gasteiger partial charge in [0.15, 0.2) is 5.82 Å². The van der Waals surface area contributed by atoms with Crippen LogP contribution in [0.1, 0.15) is 10.4 Å². The monoisotopic (exact) mass is 351 g/mol. The second kappa shape index (κ2) is 6.45. The molecule has 2 rings (SSSR count). The van der Waals surface area contributed by atoms with Crippen molar-refractivity contribution in [2.24, 2.45) is 0 Å². The number of nitrogen functional groups attached to an aromatic ring is 1. The molecule has 7 heteroatoms. The number of nitrogens with two attached hydrogens (primary N) is 1. The second-order valence-corrected chi connectivity index (χ2v) is 4.94. The predicted molar refractivity (Wildman–Crippen MR) is 84.0 cm³/mol. The van der Waals surface area contributed by atoms with Gasteiger partial charge in [0.25, 0.3) is 0 Å². The number of nitrogens with zero attached hydrogens (tertiary/aromatic N) is 1. The molecule has 0 unspecified atom stereocenters. The van der Waals surface area contributed by atoms with E-state index in [4.69, 9.17) is 10.5 Å². The third kappa shape index (κ3) is 3.25. The van der Waals surface area contributed by atoms with E-state index in [1.165, 1.54) is 19.4 Å². The van der Waals surface area contributed by atoms with Crippen LogP contribution in [0, 0.1) is 0 Å². The third-order valence-corrected chi connectivity index (χ3v) is 3.46. The minimum absolute atomic E-state index is 0.228. The number of methoxy groups -OCH3 is 2. The summed E-state index contributed by atoms with van der Waals surface area (Å²) < 4.78 is 10.7. The third-order valence-electron chi connectivity index (χ3n) is 2.81. The summed E-state index contributed by atoms with van der Waals surface area (Å²) in [6, 6.07) is 6.96. The summed E-state index contributed by atoms with van der Waals surface area (Å²) in [7, 11) is 2.88. The highest BCUT2D eigenvalue weighted by molar-refractivity contribution is 9.10. The molecular formula is C14H14BrN3O3. The fourth-order valence-electron chi connectivity index (χ4n) is 1.74. The summed E-state index contributed by atoms with van der Waals surface area (Å²) in [6.07, 6.45) is 1.49. The Kier molecular flexibility index (Phi) is 4.64. The van der Waals surface area contributed by atoms with Gasteiger partial charge in [-0.25, -0.2) is 9.78 Å². The van der Waals surface area contributed by atoms with E-state index in [0.717, 1.165) is 10.2 Å². The summed E-state index contributed by atoms with van der Waals surface area (Å²) in [5.74, 6) is 0.538. The van der Waals surface area contributed by atoms with Gasteiger partial charge in [0, 0.05) is 18.0 Å². The first kappa shape index (κ1) is 15.1. The number of nitrogens with one attached hydrogen (secondary N) is 1. The molecule has 2 aromatic rings. The number of pyridine rings is 1. The Morgan fingerprint density at radius 1 is 1.33 bits per heavy atom. The fourth-order valence-corrected chi connectivity index (χ4v) is 2.14. The van der Waals surface area contributed by atoms with Gasteiger partial charge < -0.3 is 20.5 Å². The van der Waals surface area contributed by atoms with E-state index in [1.807, 2.05) is 12.1 Å². The van der Waals surface area contributed by atoms with Gasteiger partial charge in [-0.15, -0.1) is 0 Å². The van der Waals surface area contributed by atoms with E-state index in [9.17, 15) is 4.79 Å². The van der Waals surface area contributed by atoms with Gasteiger partial charge in [-0.2, -0.15) is 0 Å². The molecule has 1 aromatic heterocycles. The number of carbonyl (C=O) groups excluding carboxylic acids is 1. The summed E-state index contributed by atoms with van der Waals surface area (Å²) in [6.45, 7) is 0. The Labute approximate surface area is 130 Å². The van der Waals surface area contributed by atoms with Crippen molar-refractivity contribution in [3.05, 3.63) is 40.5 Å². The van der Waals surface area contributed by atoms with Crippen LogP contribution < -0.4 is 15.8 Å². The van der Waals surface area contributed by atoms with Crippen LogP contribution in [0.3, 0.4) is 0 Å². The van der Waals surface area contributed by atoms with Crippen LogP contribution in [0.25, 0.3) is 0 Å². The second-order valence-electron chi connectivity index (χ2n) is 4.09. The zero-order valence-electron chi connectivity index (χ0n) is 11.5. The first-order valence-corrected chi connectivity index (χ1v) is 6.79. The largest absolute Gasteiger partial charge is 0.495 e. The molecule has 0 saturated heterocycles. The molecule has 1 aromatic carbocycles. The number of halogens is 1. The Hall–Kier alpha value is -2.28. The van der Waals surface area contributed by atoms with Gasteiger partial charge in [-0.3, -0.25) is 0 Å². The Morgan fingerprint density at radius 3 is 2.76 bits per heavy atom. The van der Waals surface area contributed by atoms with Gasteiger partial charge in [0.05, 0.1) is 29.9 Å². The van der Waals surface area contributed by atoms with Crippen molar-refractivity contribution in [2.45, 2.75) is 0 Å². The van der Waals surface area contributed by atoms with Crippen molar-refractivity contribution in [3.63, 3.8) is 0 Å². The Balaban J connectivity index is 2.34. The number of esters is 1. The van der Waals surface area contributed by atoms with Gasteiger partial charge >= 0.3 is 5.97 Å². The Bertz CT molecular complexity index is 677. The quantitative estimate of drug-likeness (QED) is 0.823. The molecule has 0 spiro atoms. The van der Waals surface area contributed by atoms with Crippen molar-refractivity contribution >= 4 is 39.1 Å². The molecule has 6 nitrogen and oxygen atoms in total. The lowest BCUT2D eigenvalue weighted by Crippen LogP contribution is -2.09. The number of hydrogen-bond donors (Lipinski definition) is 2. The number of carbonyl (C=O) groups is 1. The van der Waals surface area contributed by atoms with Crippen LogP contribution in [0.15, 0.2) is 34.9 Å². The van der Waals surface area contributed by atoms with Crippen LogP contribution in [0.5, 0.6) is 5.75 Å². The average molecular weight is 352 g/mol. The molecule has 21 heavy (non-hydrogen) atoms. The number of benzene rings is 1. The molecule has 1 heterocycles. The number of hydrogen-bond acceptors (Lipinski definition) is 6. The number of anilines is 3. The Morgan fingerprint density at radius 2 is 2.10 bits per heavy atom. The van der Waals surface area contributed by atoms with E-state index in [0.29, 0.717) is 11.6 Å². The van der Waals surface area contributed by atoms with E-state index in [1.54, 1.807) is 13.2 Å². The first-order chi connectivity index (χ1) is 10.1. The maximum Gasteiger partial charge on any atom is 0.340 e. The minimum Gasteiger partial charge on any atom is -0.495 e. The van der Waals surface area contributed by atoms with Gasteiger partial charge in [-0.1, -0.05) is 0 Å². The highest BCUT2D eigenvalue weighted by Crippen LogP contribution is 2.30. The highest BCUT2D eigenvalue weighted by Gasteiger charge is 2.14. The number of rotatable bonds is 4. The fraction of sp³-hybridized carbons (Fsp3) is 0.143. The molecule has 0 amide bonds. The van der Waals surface area contributed by atoms with Crippen molar-refractivity contribution < 1.29 is 14.3 Å². The van der Waals surface area contributed by atoms with E-state index < -0.39 is 5.97 Å². The lowest BCUT2D eigenvalue weighted by molar-refractivity contribution is 0.0602. The summed E-state index contributed by atoms with van der Waals surface area (Å²) in [4.78, 5) is 15.7. The van der Waals surface area contributed by atoms with E-state index >= 15 is 0 Å². The van der Waals surface area contributed by atoms with Gasteiger partial charge in [0.1, 0.15) is 5.75 Å². The van der Waals surface area contributed by atoms with Crippen LogP contribution in [0.2, 0.25) is 0 Å². The zero-order chi connectivity index (χ0) is 15.4. The number of ether oxygens (including phenoxy) is 2. The molecular weight excluding hydrogens is 338 g/mol. The molecule has 0 bridgehead atoms. The van der Waals surface area contributed by atoms with Gasteiger partial charge in [0.2, 0.25) is 0 Å². The van der Waals surface area contributed by atoms with E-state index in [-0.39, 0.29) is 11.3 Å². The molecule has 0 fully saturated rings. The normalized spacial score (nSPS) is 10.0. The van der Waals surface area contributed by atoms with Crippen molar-refractivity contribution in [3.8, 4) is 5.75 Å². The van der Waals surface area contributed by atoms with Crippen LogP contribution in [-0.2, 0) is 4.74 Å². The lowest BCUT2D eigenvalue weighted by Gasteiger charge is -2.12. The summed E-state index contributed by atoms with van der Waals surface area (Å²) in [5, 5.41) is 3.05. The smallest absolute Gasteiger partial charge is 0.340 e. The van der Waals surface area contributed by atoms with Crippen LogP contribution in [-0.4, -0.2) is 25.2 Å². The predicted octanol–water partition coefficient (Wildman–Crippen LogP) is 2.97. The van der Waals surface area contributed by atoms with Crippen LogP contribution in [0.4, 0.5) is 17.2 Å². The molecule has 0 atom stereocenters. The van der Waals surface area contributed by atoms with Crippen molar-refractivity contribution in [1.82, 2.24) is 4.98 Å². The standard InChI is InChI=1S/C14H14BrN3O3/c1-20-11-7-8(3-4-10(11)15)18-13-12(16)9(5-6-17-13)14(19)21-2/h3-7H,16H2,1-2H3,(H,17,18). The SMILES string of the molecule is COC(=O)c1ccnc(Nc2ccc(Br)c(OC)c2)c1N. The summed E-state index contributed by atoms with van der Waals surface area (Å²) >= 11 is 3.38. The van der Waals surface area contributed by atoms with Crippen LogP contribution >= 0.6 is 15.9 Å². The summed E-state index contributed by atoms with van der Waals surface area (Å²) in [5.41, 5.74) is 7.17. The molecule has 110 valence electrons.